The molecule has 11 nitrogen and oxygen atoms in total. The van der Waals surface area contributed by atoms with Gasteiger partial charge in [0.15, 0.2) is 0 Å². The zero-order valence-corrected chi connectivity index (χ0v) is 23.7. The Morgan fingerprint density at radius 3 is 2.40 bits per heavy atom. The number of carbonyl (C=O) groups excluding carboxylic acids is 1. The Bertz CT molecular complexity index is 1650. The molecule has 0 aliphatic rings. The van der Waals surface area contributed by atoms with Gasteiger partial charge in [0.05, 0.1) is 24.7 Å². The Kier molecular flexibility index (Phi) is 8.01. The molecule has 0 bridgehead atoms. The largest absolute Gasteiger partial charge is 0.494 e. The van der Waals surface area contributed by atoms with Crippen molar-refractivity contribution in [3.8, 4) is 17.4 Å². The van der Waals surface area contributed by atoms with Crippen molar-refractivity contribution in [2.45, 2.75) is 26.2 Å². The number of fused-ring (bicyclic) bond motifs is 1. The Hall–Kier alpha value is -4.58. The van der Waals surface area contributed by atoms with E-state index in [4.69, 9.17) is 15.2 Å². The number of sulfonamides is 1. The molecule has 0 unspecified atom stereocenters. The first-order chi connectivity index (χ1) is 18.9. The second kappa shape index (κ2) is 11.3. The van der Waals surface area contributed by atoms with Crippen LogP contribution in [0.5, 0.6) is 17.4 Å². The molecular formula is C28H32N6O5S. The molecule has 0 fully saturated rings. The van der Waals surface area contributed by atoms with Crippen LogP contribution in [0.3, 0.4) is 0 Å². The molecule has 0 spiro atoms. The van der Waals surface area contributed by atoms with E-state index in [-0.39, 0.29) is 12.5 Å². The Morgan fingerprint density at radius 2 is 1.73 bits per heavy atom. The van der Waals surface area contributed by atoms with E-state index in [1.165, 1.54) is 7.11 Å². The van der Waals surface area contributed by atoms with Gasteiger partial charge in [0.2, 0.25) is 21.9 Å². The van der Waals surface area contributed by atoms with Crippen molar-refractivity contribution in [2.24, 2.45) is 0 Å². The molecule has 0 atom stereocenters. The summed E-state index contributed by atoms with van der Waals surface area (Å²) in [5, 5.41) is 7.38. The average Bonchev–Trinajstić information content (AvgIpc) is 2.87. The van der Waals surface area contributed by atoms with Gasteiger partial charge in [-0.3, -0.25) is 4.72 Å². The highest BCUT2D eigenvalue weighted by Crippen LogP contribution is 2.38. The molecule has 0 aliphatic heterocycles. The van der Waals surface area contributed by atoms with Crippen LogP contribution in [0.1, 0.15) is 25.1 Å². The topological polar surface area (TPSA) is 158 Å². The van der Waals surface area contributed by atoms with Crippen LogP contribution in [0.4, 0.5) is 22.1 Å². The first-order valence-electron chi connectivity index (χ1n) is 12.4. The van der Waals surface area contributed by atoms with Crippen LogP contribution in [0, 0.1) is 6.92 Å². The number of carbonyl (C=O) groups is 1. The maximum Gasteiger partial charge on any atom is 0.319 e. The lowest BCUT2D eigenvalue weighted by Crippen LogP contribution is -2.39. The molecule has 2 amide bonds. The minimum Gasteiger partial charge on any atom is -0.494 e. The zero-order chi connectivity index (χ0) is 29.1. The number of ether oxygens (including phenoxy) is 2. The van der Waals surface area contributed by atoms with E-state index in [1.807, 2.05) is 44.2 Å². The Balaban J connectivity index is 1.52. The van der Waals surface area contributed by atoms with Gasteiger partial charge >= 0.3 is 6.03 Å². The van der Waals surface area contributed by atoms with Crippen molar-refractivity contribution in [3.63, 3.8) is 0 Å². The first-order valence-corrected chi connectivity index (χ1v) is 14.3. The number of methoxy groups -OCH3 is 1. The standard InChI is InChI=1S/C28H32N6O5S/c1-17-15-24(33-26(29)31-17)39-23-14-13-21(18-9-6-7-10-19(18)23)32-27(35)30-16-28(2,3)20-11-8-12-22(25(20)38-4)34-40(5,36)37/h6-15,34H,16H2,1-5H3,(H2,29,31,33)(H2,30,32,35). The summed E-state index contributed by atoms with van der Waals surface area (Å²) in [6.07, 6.45) is 1.07. The van der Waals surface area contributed by atoms with Crippen molar-refractivity contribution < 1.29 is 22.7 Å². The number of anilines is 3. The number of rotatable bonds is 9. The number of hydrogen-bond donors (Lipinski definition) is 4. The fourth-order valence-electron chi connectivity index (χ4n) is 4.33. The van der Waals surface area contributed by atoms with Crippen molar-refractivity contribution in [3.05, 3.63) is 71.9 Å². The van der Waals surface area contributed by atoms with Crippen LogP contribution in [-0.4, -0.2) is 44.3 Å². The summed E-state index contributed by atoms with van der Waals surface area (Å²) in [6, 6.07) is 17.5. The number of nitrogens with one attached hydrogen (secondary N) is 3. The van der Waals surface area contributed by atoms with E-state index in [0.717, 1.165) is 22.6 Å². The number of nitrogens with two attached hydrogens (primary N) is 1. The highest BCUT2D eigenvalue weighted by atomic mass is 32.2. The van der Waals surface area contributed by atoms with Gasteiger partial charge in [-0.1, -0.05) is 50.2 Å². The number of benzene rings is 3. The third-order valence-corrected chi connectivity index (χ3v) is 6.72. The summed E-state index contributed by atoms with van der Waals surface area (Å²) in [4.78, 5) is 21.2. The SMILES string of the molecule is COc1c(NS(C)(=O)=O)cccc1C(C)(C)CNC(=O)Nc1ccc(Oc2cc(C)nc(N)n2)c2ccccc12. The van der Waals surface area contributed by atoms with Crippen LogP contribution in [0.15, 0.2) is 60.7 Å². The Labute approximate surface area is 233 Å². The third-order valence-electron chi connectivity index (χ3n) is 6.13. The normalized spacial score (nSPS) is 11.6. The molecule has 0 saturated heterocycles. The molecule has 0 radical (unpaired) electrons. The summed E-state index contributed by atoms with van der Waals surface area (Å²) in [5.74, 6) is 1.38. The third kappa shape index (κ3) is 6.70. The van der Waals surface area contributed by atoms with E-state index in [1.54, 1.807) is 37.3 Å². The predicted molar refractivity (Wildman–Crippen MR) is 157 cm³/mol. The van der Waals surface area contributed by atoms with Crippen LogP contribution < -0.4 is 30.6 Å². The summed E-state index contributed by atoms with van der Waals surface area (Å²) < 4.78 is 37.6. The molecule has 3 aromatic carbocycles. The number of nitrogens with zero attached hydrogens (tertiary/aromatic N) is 2. The monoisotopic (exact) mass is 564 g/mol. The number of nitrogen functional groups attached to an aromatic ring is 1. The van der Waals surface area contributed by atoms with E-state index < -0.39 is 21.5 Å². The highest BCUT2D eigenvalue weighted by Gasteiger charge is 2.27. The molecule has 40 heavy (non-hydrogen) atoms. The smallest absolute Gasteiger partial charge is 0.319 e. The molecule has 4 rings (SSSR count). The lowest BCUT2D eigenvalue weighted by atomic mass is 9.83. The second-order valence-corrected chi connectivity index (χ2v) is 11.7. The molecule has 12 heteroatoms. The summed E-state index contributed by atoms with van der Waals surface area (Å²) in [6.45, 7) is 5.90. The van der Waals surface area contributed by atoms with E-state index >= 15 is 0 Å². The maximum absolute atomic E-state index is 13.0. The van der Waals surface area contributed by atoms with Gasteiger partial charge in [0.1, 0.15) is 11.5 Å². The molecule has 4 aromatic rings. The van der Waals surface area contributed by atoms with Gasteiger partial charge < -0.3 is 25.8 Å². The van der Waals surface area contributed by atoms with Gasteiger partial charge in [-0.15, -0.1) is 0 Å². The number of hydrogen-bond acceptors (Lipinski definition) is 8. The first kappa shape index (κ1) is 28.4. The summed E-state index contributed by atoms with van der Waals surface area (Å²) >= 11 is 0. The van der Waals surface area contributed by atoms with Gasteiger partial charge in [0.25, 0.3) is 0 Å². The van der Waals surface area contributed by atoms with Crippen molar-refractivity contribution in [1.82, 2.24) is 15.3 Å². The van der Waals surface area contributed by atoms with Crippen LogP contribution in [0.2, 0.25) is 0 Å². The predicted octanol–water partition coefficient (Wildman–Crippen LogP) is 4.79. The van der Waals surface area contributed by atoms with Gasteiger partial charge in [-0.05, 0) is 25.1 Å². The van der Waals surface area contributed by atoms with Crippen molar-refractivity contribution in [1.29, 1.82) is 0 Å². The number of amides is 2. The quantitative estimate of drug-likeness (QED) is 0.226. The van der Waals surface area contributed by atoms with Gasteiger partial charge in [0, 0.05) is 40.1 Å². The molecule has 1 heterocycles. The van der Waals surface area contributed by atoms with Gasteiger partial charge in [-0.25, -0.2) is 18.2 Å². The zero-order valence-electron chi connectivity index (χ0n) is 22.9. The van der Waals surface area contributed by atoms with E-state index in [0.29, 0.717) is 34.4 Å². The molecule has 210 valence electrons. The van der Waals surface area contributed by atoms with E-state index in [2.05, 4.69) is 25.3 Å². The average molecular weight is 565 g/mol. The number of para-hydroxylation sites is 1. The minimum absolute atomic E-state index is 0.119. The maximum atomic E-state index is 13.0. The van der Waals surface area contributed by atoms with E-state index in [9.17, 15) is 13.2 Å². The number of aryl methyl sites for hydroxylation is 1. The molecule has 0 saturated carbocycles. The fourth-order valence-corrected chi connectivity index (χ4v) is 4.89. The molecular weight excluding hydrogens is 532 g/mol. The number of urea groups is 1. The lowest BCUT2D eigenvalue weighted by molar-refractivity contribution is 0.249. The highest BCUT2D eigenvalue weighted by molar-refractivity contribution is 7.92. The summed E-state index contributed by atoms with van der Waals surface area (Å²) in [5.41, 5.74) is 7.49. The van der Waals surface area contributed by atoms with Gasteiger partial charge in [-0.2, -0.15) is 4.98 Å². The summed E-state index contributed by atoms with van der Waals surface area (Å²) in [7, 11) is -2.03. The molecule has 1 aromatic heterocycles. The minimum atomic E-state index is -3.51. The number of aromatic nitrogens is 2. The lowest BCUT2D eigenvalue weighted by Gasteiger charge is -2.28. The fraction of sp³-hybridized carbons (Fsp3) is 0.250. The Morgan fingerprint density at radius 1 is 1.00 bits per heavy atom. The van der Waals surface area contributed by atoms with Crippen molar-refractivity contribution >= 4 is 44.1 Å². The van der Waals surface area contributed by atoms with Crippen LogP contribution >= 0.6 is 0 Å². The second-order valence-electron chi connectivity index (χ2n) is 9.92. The van der Waals surface area contributed by atoms with Crippen LogP contribution in [0.25, 0.3) is 10.8 Å². The van der Waals surface area contributed by atoms with Crippen molar-refractivity contribution in [2.75, 3.05) is 35.7 Å². The molecule has 5 N–H and O–H groups in total. The molecule has 0 aliphatic carbocycles. The van der Waals surface area contributed by atoms with Crippen LogP contribution in [-0.2, 0) is 15.4 Å².